The highest BCUT2D eigenvalue weighted by molar-refractivity contribution is 7.99. The standard InChI is InChI=1S/C19H16N6O3S/c1-12-9-13(2)23-19(22-12)29-17-4-3-16(25(27)28)10-15(17)11-21-24-18(26)14-5-7-20-8-6-14/h3-11H,1-2H3,(H,24,26)/b21-11-. The molecule has 0 aliphatic rings. The van der Waals surface area contributed by atoms with E-state index in [9.17, 15) is 14.9 Å². The monoisotopic (exact) mass is 408 g/mol. The van der Waals surface area contributed by atoms with Gasteiger partial charge >= 0.3 is 0 Å². The maximum atomic E-state index is 12.1. The predicted molar refractivity (Wildman–Crippen MR) is 108 cm³/mol. The summed E-state index contributed by atoms with van der Waals surface area (Å²) in [6, 6.07) is 9.35. The molecule has 0 saturated heterocycles. The first-order chi connectivity index (χ1) is 13.9. The van der Waals surface area contributed by atoms with Gasteiger partial charge in [0, 0.05) is 51.9 Å². The molecule has 1 N–H and O–H groups in total. The van der Waals surface area contributed by atoms with Gasteiger partial charge in [0.25, 0.3) is 11.6 Å². The summed E-state index contributed by atoms with van der Waals surface area (Å²) in [6.45, 7) is 3.73. The quantitative estimate of drug-likeness (QED) is 0.287. The fourth-order valence-corrected chi connectivity index (χ4v) is 3.35. The van der Waals surface area contributed by atoms with E-state index in [-0.39, 0.29) is 5.69 Å². The van der Waals surface area contributed by atoms with E-state index >= 15 is 0 Å². The van der Waals surface area contributed by atoms with Gasteiger partial charge in [-0.15, -0.1) is 0 Å². The van der Waals surface area contributed by atoms with Crippen molar-refractivity contribution in [3.05, 3.63) is 81.4 Å². The van der Waals surface area contributed by atoms with Crippen molar-refractivity contribution in [3.8, 4) is 0 Å². The molecule has 0 spiro atoms. The molecule has 0 saturated carbocycles. The SMILES string of the molecule is Cc1cc(C)nc(Sc2ccc([N+](=O)[O-])cc2/C=N\NC(=O)c2ccncc2)n1. The van der Waals surface area contributed by atoms with Crippen LogP contribution in [0.4, 0.5) is 5.69 Å². The minimum atomic E-state index is -0.491. The maximum absolute atomic E-state index is 12.1. The minimum Gasteiger partial charge on any atom is -0.267 e. The second-order valence-electron chi connectivity index (χ2n) is 5.95. The molecular weight excluding hydrogens is 392 g/mol. The number of benzene rings is 1. The van der Waals surface area contributed by atoms with Crippen LogP contribution in [0.5, 0.6) is 0 Å². The number of non-ortho nitro benzene ring substituents is 1. The summed E-state index contributed by atoms with van der Waals surface area (Å²) in [6.07, 6.45) is 4.35. The number of hydrogen-bond acceptors (Lipinski definition) is 8. The average Bonchev–Trinajstić information content (AvgIpc) is 2.68. The van der Waals surface area contributed by atoms with Crippen LogP contribution in [0.2, 0.25) is 0 Å². The van der Waals surface area contributed by atoms with Gasteiger partial charge in [-0.05, 0) is 49.9 Å². The Bertz CT molecular complexity index is 1070. The fourth-order valence-electron chi connectivity index (χ4n) is 2.41. The van der Waals surface area contributed by atoms with E-state index < -0.39 is 10.8 Å². The third kappa shape index (κ3) is 5.42. The molecule has 0 bridgehead atoms. The molecule has 9 nitrogen and oxygen atoms in total. The number of amides is 1. The minimum absolute atomic E-state index is 0.0856. The van der Waals surface area contributed by atoms with Crippen molar-refractivity contribution in [2.45, 2.75) is 23.9 Å². The molecule has 0 atom stereocenters. The Morgan fingerprint density at radius 3 is 2.48 bits per heavy atom. The Balaban J connectivity index is 1.85. The number of rotatable bonds is 6. The summed E-state index contributed by atoms with van der Waals surface area (Å²) < 4.78 is 0. The molecule has 0 aliphatic carbocycles. The zero-order valence-electron chi connectivity index (χ0n) is 15.6. The number of aryl methyl sites for hydroxylation is 2. The van der Waals surface area contributed by atoms with E-state index in [1.54, 1.807) is 18.2 Å². The smallest absolute Gasteiger partial charge is 0.267 e. The van der Waals surface area contributed by atoms with E-state index in [1.807, 2.05) is 19.9 Å². The van der Waals surface area contributed by atoms with Crippen LogP contribution in [0.1, 0.15) is 27.3 Å². The van der Waals surface area contributed by atoms with Crippen LogP contribution >= 0.6 is 11.8 Å². The van der Waals surface area contributed by atoms with Crippen molar-refractivity contribution >= 4 is 29.6 Å². The molecule has 3 rings (SSSR count). The Morgan fingerprint density at radius 1 is 1.14 bits per heavy atom. The number of nitro benzene ring substituents is 1. The lowest BCUT2D eigenvalue weighted by atomic mass is 10.2. The van der Waals surface area contributed by atoms with Crippen LogP contribution < -0.4 is 5.43 Å². The lowest BCUT2D eigenvalue weighted by Crippen LogP contribution is -2.17. The van der Waals surface area contributed by atoms with Gasteiger partial charge in [-0.3, -0.25) is 19.9 Å². The summed E-state index contributed by atoms with van der Waals surface area (Å²) in [5.74, 6) is -0.416. The second-order valence-corrected chi connectivity index (χ2v) is 6.96. The van der Waals surface area contributed by atoms with Crippen LogP contribution in [-0.2, 0) is 0 Å². The first-order valence-electron chi connectivity index (χ1n) is 8.44. The van der Waals surface area contributed by atoms with Gasteiger partial charge in [0.2, 0.25) is 0 Å². The van der Waals surface area contributed by atoms with Gasteiger partial charge < -0.3 is 0 Å². The molecule has 2 heterocycles. The van der Waals surface area contributed by atoms with Crippen LogP contribution in [0.25, 0.3) is 0 Å². The zero-order valence-corrected chi connectivity index (χ0v) is 16.4. The van der Waals surface area contributed by atoms with E-state index in [0.29, 0.717) is 21.2 Å². The van der Waals surface area contributed by atoms with Crippen molar-refractivity contribution in [2.75, 3.05) is 0 Å². The summed E-state index contributed by atoms with van der Waals surface area (Å²) in [4.78, 5) is 36.0. The van der Waals surface area contributed by atoms with E-state index in [4.69, 9.17) is 0 Å². The summed E-state index contributed by atoms with van der Waals surface area (Å²) >= 11 is 1.26. The number of pyridine rings is 1. The van der Waals surface area contributed by atoms with Gasteiger partial charge in [0.1, 0.15) is 0 Å². The molecule has 1 amide bonds. The van der Waals surface area contributed by atoms with Crippen molar-refractivity contribution < 1.29 is 9.72 Å². The molecule has 0 fully saturated rings. The van der Waals surface area contributed by atoms with Crippen molar-refractivity contribution in [1.29, 1.82) is 0 Å². The molecular formula is C19H16N6O3S. The van der Waals surface area contributed by atoms with Gasteiger partial charge in [-0.1, -0.05) is 0 Å². The van der Waals surface area contributed by atoms with Crippen LogP contribution in [0.3, 0.4) is 0 Å². The largest absolute Gasteiger partial charge is 0.271 e. The van der Waals surface area contributed by atoms with Crippen LogP contribution in [0, 0.1) is 24.0 Å². The van der Waals surface area contributed by atoms with Gasteiger partial charge in [-0.25, -0.2) is 15.4 Å². The second kappa shape index (κ2) is 9.02. The molecule has 0 unspecified atom stereocenters. The van der Waals surface area contributed by atoms with E-state index in [1.165, 1.54) is 42.5 Å². The fraction of sp³-hybridized carbons (Fsp3) is 0.105. The molecule has 0 radical (unpaired) electrons. The van der Waals surface area contributed by atoms with E-state index in [0.717, 1.165) is 11.4 Å². The maximum Gasteiger partial charge on any atom is 0.271 e. The van der Waals surface area contributed by atoms with E-state index in [2.05, 4.69) is 25.5 Å². The highest BCUT2D eigenvalue weighted by atomic mass is 32.2. The molecule has 3 aromatic rings. The molecule has 10 heteroatoms. The number of nitro groups is 1. The molecule has 1 aromatic carbocycles. The molecule has 2 aromatic heterocycles. The van der Waals surface area contributed by atoms with Crippen molar-refractivity contribution in [2.24, 2.45) is 5.10 Å². The molecule has 29 heavy (non-hydrogen) atoms. The molecule has 146 valence electrons. The number of aromatic nitrogens is 3. The van der Waals surface area contributed by atoms with Crippen LogP contribution in [-0.4, -0.2) is 32.0 Å². The normalized spacial score (nSPS) is 10.8. The van der Waals surface area contributed by atoms with Gasteiger partial charge in [0.05, 0.1) is 11.1 Å². The number of hydrogen-bond donors (Lipinski definition) is 1. The third-order valence-corrected chi connectivity index (χ3v) is 4.64. The number of carbonyl (C=O) groups excluding carboxylic acids is 1. The first kappa shape index (κ1) is 20.1. The molecule has 0 aliphatic heterocycles. The highest BCUT2D eigenvalue weighted by Crippen LogP contribution is 2.30. The zero-order chi connectivity index (χ0) is 20.8. The lowest BCUT2D eigenvalue weighted by Gasteiger charge is -2.06. The predicted octanol–water partition coefficient (Wildman–Crippen LogP) is 3.31. The highest BCUT2D eigenvalue weighted by Gasteiger charge is 2.13. The Kier molecular flexibility index (Phi) is 6.25. The van der Waals surface area contributed by atoms with Crippen LogP contribution in [0.15, 0.2) is 63.9 Å². The summed E-state index contributed by atoms with van der Waals surface area (Å²) in [7, 11) is 0. The number of hydrazone groups is 1. The van der Waals surface area contributed by atoms with Gasteiger partial charge in [0.15, 0.2) is 5.16 Å². The van der Waals surface area contributed by atoms with Crippen molar-refractivity contribution in [3.63, 3.8) is 0 Å². The third-order valence-electron chi connectivity index (χ3n) is 3.68. The number of carbonyl (C=O) groups is 1. The topological polar surface area (TPSA) is 123 Å². The average molecular weight is 408 g/mol. The summed E-state index contributed by atoms with van der Waals surface area (Å²) in [5.41, 5.74) is 4.81. The Morgan fingerprint density at radius 2 is 1.83 bits per heavy atom. The number of nitrogens with one attached hydrogen (secondary N) is 1. The Hall–Kier alpha value is -3.66. The van der Waals surface area contributed by atoms with Crippen molar-refractivity contribution in [1.82, 2.24) is 20.4 Å². The van der Waals surface area contributed by atoms with Gasteiger partial charge in [-0.2, -0.15) is 5.10 Å². The number of nitrogens with zero attached hydrogens (tertiary/aromatic N) is 5. The Labute approximate surface area is 170 Å². The first-order valence-corrected chi connectivity index (χ1v) is 9.26. The summed E-state index contributed by atoms with van der Waals surface area (Å²) in [5, 5.41) is 15.6. The lowest BCUT2D eigenvalue weighted by molar-refractivity contribution is -0.384.